The standard InChI is InChI=1S/C49H35N3O4/c1-55-38-17-13-33(14-18-38)47-37-12-11-36(27-37)46(32-7-3-30(28-53)4-8-32)40-21-23-42(50-40)48(34-9-5-31(29-54)6-10-34)44-25-26-45(52-44)49(43-24-22-41(47)51-43)35-15-19-39(56-2)20-16-35/h3-26,28-29,52H,27H2,1-2H3. The van der Waals surface area contributed by atoms with Crippen molar-refractivity contribution in [3.63, 3.8) is 0 Å². The number of fused-ring (bicyclic) bond motifs is 6. The van der Waals surface area contributed by atoms with Crippen molar-refractivity contribution in [2.45, 2.75) is 6.42 Å². The molecule has 0 amide bonds. The number of hydrogen-bond acceptors (Lipinski definition) is 6. The second-order valence-electron chi connectivity index (χ2n) is 13.7. The molecule has 0 fully saturated rings. The van der Waals surface area contributed by atoms with E-state index in [2.05, 4.69) is 71.8 Å². The molecule has 7 heteroatoms. The van der Waals surface area contributed by atoms with Crippen LogP contribution in [-0.2, 0) is 0 Å². The number of aldehydes is 2. The molecule has 0 saturated heterocycles. The molecule has 1 N–H and O–H groups in total. The predicted octanol–water partition coefficient (Wildman–Crippen LogP) is 10.1. The molecule has 4 aliphatic rings. The van der Waals surface area contributed by atoms with Gasteiger partial charge >= 0.3 is 0 Å². The molecule has 0 radical (unpaired) electrons. The number of rotatable bonds is 8. The van der Waals surface area contributed by atoms with Gasteiger partial charge in [0.2, 0.25) is 0 Å². The van der Waals surface area contributed by atoms with Gasteiger partial charge in [-0.3, -0.25) is 9.59 Å². The van der Waals surface area contributed by atoms with Gasteiger partial charge in [0.05, 0.1) is 37.0 Å². The van der Waals surface area contributed by atoms with E-state index in [0.29, 0.717) is 17.5 Å². The number of hydrogen-bond donors (Lipinski definition) is 1. The second kappa shape index (κ2) is 14.5. The van der Waals surface area contributed by atoms with Crippen LogP contribution in [0.2, 0.25) is 0 Å². The van der Waals surface area contributed by atoms with Crippen molar-refractivity contribution in [3.05, 3.63) is 213 Å². The zero-order valence-corrected chi connectivity index (χ0v) is 30.7. The third-order valence-corrected chi connectivity index (χ3v) is 10.5. The number of carbonyl (C=O) groups excluding carboxylic acids is 2. The van der Waals surface area contributed by atoms with Crippen molar-refractivity contribution >= 4 is 46.3 Å². The number of allylic oxidation sites excluding steroid dienone is 10. The lowest BCUT2D eigenvalue weighted by Gasteiger charge is -2.15. The first kappa shape index (κ1) is 34.4. The molecule has 3 aliphatic heterocycles. The van der Waals surface area contributed by atoms with E-state index in [9.17, 15) is 9.59 Å². The average Bonchev–Trinajstić information content (AvgIpc) is 4.10. The first-order valence-corrected chi connectivity index (χ1v) is 18.3. The summed E-state index contributed by atoms with van der Waals surface area (Å²) < 4.78 is 11.0. The number of methoxy groups -OCH3 is 2. The summed E-state index contributed by atoms with van der Waals surface area (Å²) in [6, 6.07) is 35.5. The van der Waals surface area contributed by atoms with Crippen LogP contribution in [0.15, 0.2) is 178 Å². The van der Waals surface area contributed by atoms with Crippen molar-refractivity contribution in [1.82, 2.24) is 4.98 Å². The van der Waals surface area contributed by atoms with Gasteiger partial charge in [0.25, 0.3) is 0 Å². The Bertz CT molecular complexity index is 2710. The third-order valence-electron chi connectivity index (χ3n) is 10.5. The minimum Gasteiger partial charge on any atom is -0.497 e. The molecule has 8 bridgehead atoms. The van der Waals surface area contributed by atoms with Crippen LogP contribution in [0.1, 0.15) is 60.8 Å². The van der Waals surface area contributed by atoms with Gasteiger partial charge in [-0.05, 0) is 101 Å². The summed E-state index contributed by atoms with van der Waals surface area (Å²) in [6.07, 6.45) is 15.0. The van der Waals surface area contributed by atoms with Crippen molar-refractivity contribution in [2.24, 2.45) is 9.98 Å². The average molecular weight is 730 g/mol. The van der Waals surface area contributed by atoms with Crippen molar-refractivity contribution in [2.75, 3.05) is 14.2 Å². The number of nitrogens with one attached hydrogen (secondary N) is 1. The number of aliphatic imine (C=N–C) groups is 2. The van der Waals surface area contributed by atoms with E-state index in [1.807, 2.05) is 78.9 Å². The predicted molar refractivity (Wildman–Crippen MR) is 223 cm³/mol. The number of carbonyl (C=O) groups is 2. The van der Waals surface area contributed by atoms with Crippen LogP contribution in [0, 0.1) is 0 Å². The maximum atomic E-state index is 11.7. The van der Waals surface area contributed by atoms with Crippen molar-refractivity contribution < 1.29 is 19.1 Å². The summed E-state index contributed by atoms with van der Waals surface area (Å²) in [5, 5.41) is 0. The van der Waals surface area contributed by atoms with E-state index in [1.54, 1.807) is 14.2 Å². The number of benzene rings is 4. The molecule has 4 aromatic carbocycles. The van der Waals surface area contributed by atoms with Gasteiger partial charge in [-0.25, -0.2) is 9.98 Å². The zero-order valence-electron chi connectivity index (χ0n) is 30.7. The van der Waals surface area contributed by atoms with Gasteiger partial charge in [0.1, 0.15) is 24.1 Å². The molecule has 0 unspecified atom stereocenters. The Balaban J connectivity index is 1.34. The lowest BCUT2D eigenvalue weighted by molar-refractivity contribution is 0.111. The van der Waals surface area contributed by atoms with E-state index >= 15 is 0 Å². The number of H-pyrrole nitrogens is 1. The van der Waals surface area contributed by atoms with Gasteiger partial charge in [0.15, 0.2) is 0 Å². The molecule has 5 aromatic rings. The molecule has 1 aromatic heterocycles. The number of aromatic amines is 1. The van der Waals surface area contributed by atoms with Crippen LogP contribution in [0.25, 0.3) is 22.3 Å². The Hall–Kier alpha value is -7.38. The van der Waals surface area contributed by atoms with Crippen LogP contribution in [0.3, 0.4) is 0 Å². The number of nitrogens with zero attached hydrogens (tertiary/aromatic N) is 2. The first-order chi connectivity index (χ1) is 27.5. The number of aromatic nitrogens is 1. The van der Waals surface area contributed by atoms with Crippen LogP contribution >= 0.6 is 0 Å². The Morgan fingerprint density at radius 1 is 0.464 bits per heavy atom. The van der Waals surface area contributed by atoms with E-state index in [-0.39, 0.29) is 0 Å². The molecule has 56 heavy (non-hydrogen) atoms. The summed E-state index contributed by atoms with van der Waals surface area (Å²) in [7, 11) is 3.33. The first-order valence-electron chi connectivity index (χ1n) is 18.3. The lowest BCUT2D eigenvalue weighted by atomic mass is 9.91. The monoisotopic (exact) mass is 729 g/mol. The molecule has 1 aliphatic carbocycles. The van der Waals surface area contributed by atoms with Gasteiger partial charge in [-0.2, -0.15) is 0 Å². The molecule has 9 rings (SSSR count). The lowest BCUT2D eigenvalue weighted by Crippen LogP contribution is -2.03. The van der Waals surface area contributed by atoms with E-state index in [4.69, 9.17) is 19.5 Å². The molecule has 0 saturated carbocycles. The maximum absolute atomic E-state index is 11.7. The molecular formula is C49H35N3O4. The minimum absolute atomic E-state index is 0.593. The van der Waals surface area contributed by atoms with Crippen molar-refractivity contribution in [1.29, 1.82) is 0 Å². The summed E-state index contributed by atoms with van der Waals surface area (Å²) >= 11 is 0. The quantitative estimate of drug-likeness (QED) is 0.161. The Morgan fingerprint density at radius 2 is 0.839 bits per heavy atom. The normalized spacial score (nSPS) is 15.8. The summed E-state index contributed by atoms with van der Waals surface area (Å²) in [5.41, 5.74) is 16.1. The van der Waals surface area contributed by atoms with Gasteiger partial charge in [-0.1, -0.05) is 84.9 Å². The fourth-order valence-electron chi connectivity index (χ4n) is 7.69. The van der Waals surface area contributed by atoms with E-state index in [0.717, 1.165) is 114 Å². The van der Waals surface area contributed by atoms with Crippen LogP contribution in [0.4, 0.5) is 0 Å². The highest BCUT2D eigenvalue weighted by Crippen LogP contribution is 2.41. The second-order valence-corrected chi connectivity index (χ2v) is 13.7. The SMILES string of the molecule is COc1ccc(C2=C3C=CC(=C(c4ccc(C=O)cc4)C4=NC(=C(c5ccc(C=O)cc5)c5ccc([nH]5)C(c5ccc(OC)cc5)=C5C=CC2=N5)C=C4)C3)cc1. The molecule has 0 spiro atoms. The highest BCUT2D eigenvalue weighted by Gasteiger charge is 2.27. The molecule has 4 heterocycles. The van der Waals surface area contributed by atoms with Crippen LogP contribution in [0.5, 0.6) is 11.5 Å². The molecule has 270 valence electrons. The van der Waals surface area contributed by atoms with Gasteiger partial charge < -0.3 is 14.5 Å². The van der Waals surface area contributed by atoms with E-state index < -0.39 is 0 Å². The molecular weight excluding hydrogens is 695 g/mol. The highest BCUT2D eigenvalue weighted by molar-refractivity contribution is 6.34. The fourth-order valence-corrected chi connectivity index (χ4v) is 7.69. The largest absolute Gasteiger partial charge is 0.497 e. The Kier molecular flexibility index (Phi) is 8.88. The van der Waals surface area contributed by atoms with Crippen molar-refractivity contribution in [3.8, 4) is 11.5 Å². The van der Waals surface area contributed by atoms with Crippen LogP contribution in [-0.4, -0.2) is 43.2 Å². The van der Waals surface area contributed by atoms with Gasteiger partial charge in [-0.15, -0.1) is 0 Å². The van der Waals surface area contributed by atoms with Gasteiger partial charge in [0, 0.05) is 44.8 Å². The Labute approximate surface area is 324 Å². The topological polar surface area (TPSA) is 93.1 Å². The number of ether oxygens (including phenoxy) is 2. The van der Waals surface area contributed by atoms with E-state index in [1.165, 1.54) is 0 Å². The fraction of sp³-hybridized carbons (Fsp3) is 0.0612. The zero-order chi connectivity index (χ0) is 38.2. The maximum Gasteiger partial charge on any atom is 0.150 e. The van der Waals surface area contributed by atoms with Crippen LogP contribution < -0.4 is 9.47 Å². The third kappa shape index (κ3) is 6.25. The summed E-state index contributed by atoms with van der Waals surface area (Å²) in [5.74, 6) is 1.54. The molecule has 0 atom stereocenters. The summed E-state index contributed by atoms with van der Waals surface area (Å²) in [6.45, 7) is 0. The smallest absolute Gasteiger partial charge is 0.150 e. The highest BCUT2D eigenvalue weighted by atomic mass is 16.5. The molecule has 7 nitrogen and oxygen atoms in total. The summed E-state index contributed by atoms with van der Waals surface area (Å²) in [4.78, 5) is 37.8. The Morgan fingerprint density at radius 3 is 1.21 bits per heavy atom. The minimum atomic E-state index is 0.593.